The summed E-state index contributed by atoms with van der Waals surface area (Å²) in [6, 6.07) is 13.0. The lowest BCUT2D eigenvalue weighted by atomic mass is 10.0. The zero-order valence-electron chi connectivity index (χ0n) is 18.3. The van der Waals surface area contributed by atoms with E-state index in [1.807, 2.05) is 63.2 Å². The van der Waals surface area contributed by atoms with Gasteiger partial charge in [0.25, 0.3) is 0 Å². The number of piperazine rings is 1. The molecule has 0 aliphatic carbocycles. The summed E-state index contributed by atoms with van der Waals surface area (Å²) in [6.07, 6.45) is 0. The van der Waals surface area contributed by atoms with E-state index < -0.39 is 6.04 Å². The summed E-state index contributed by atoms with van der Waals surface area (Å²) in [5.41, 5.74) is 11.2. The van der Waals surface area contributed by atoms with E-state index in [1.165, 1.54) is 0 Å². The fraction of sp³-hybridized carbons (Fsp3) is 0.391. The van der Waals surface area contributed by atoms with Crippen LogP contribution >= 0.6 is 24.8 Å². The van der Waals surface area contributed by atoms with Crippen molar-refractivity contribution in [3.05, 3.63) is 64.7 Å². The number of aryl methyl sites for hydroxylation is 2. The molecule has 1 aliphatic heterocycles. The van der Waals surface area contributed by atoms with Gasteiger partial charge in [0.2, 0.25) is 11.8 Å². The molecule has 0 spiro atoms. The van der Waals surface area contributed by atoms with Crippen LogP contribution in [0.2, 0.25) is 0 Å². The largest absolute Gasteiger partial charge is 0.338 e. The monoisotopic (exact) mass is 466 g/mol. The minimum absolute atomic E-state index is 0. The SMILES string of the molecule is Cc1ccc(C(N)C(=O)N2CCN(CC(=O)Nc3cccc(C)c3C)CC2)cc1.Cl.Cl. The summed E-state index contributed by atoms with van der Waals surface area (Å²) in [4.78, 5) is 29.0. The highest BCUT2D eigenvalue weighted by Gasteiger charge is 2.27. The Balaban J connectivity index is 0.00000240. The molecular formula is C23H32Cl2N4O2. The van der Waals surface area contributed by atoms with Gasteiger partial charge < -0.3 is 16.0 Å². The molecule has 1 atom stereocenters. The molecule has 1 unspecified atom stereocenters. The van der Waals surface area contributed by atoms with Crippen LogP contribution in [-0.4, -0.2) is 54.3 Å². The van der Waals surface area contributed by atoms with Crippen molar-refractivity contribution < 1.29 is 9.59 Å². The lowest BCUT2D eigenvalue weighted by molar-refractivity contribution is -0.134. The number of anilines is 1. The molecule has 8 heteroatoms. The first kappa shape index (κ1) is 26.9. The summed E-state index contributed by atoms with van der Waals surface area (Å²) < 4.78 is 0. The molecule has 0 aromatic heterocycles. The Morgan fingerprint density at radius 2 is 1.58 bits per heavy atom. The Bertz CT molecular complexity index is 882. The molecule has 1 fully saturated rings. The molecule has 170 valence electrons. The molecule has 1 heterocycles. The minimum Gasteiger partial charge on any atom is -0.338 e. The van der Waals surface area contributed by atoms with Gasteiger partial charge in [-0.15, -0.1) is 24.8 Å². The van der Waals surface area contributed by atoms with Crippen molar-refractivity contribution in [2.75, 3.05) is 38.0 Å². The molecule has 1 saturated heterocycles. The predicted molar refractivity (Wildman–Crippen MR) is 130 cm³/mol. The molecule has 2 aromatic carbocycles. The quantitative estimate of drug-likeness (QED) is 0.708. The predicted octanol–water partition coefficient (Wildman–Crippen LogP) is 3.24. The van der Waals surface area contributed by atoms with E-state index in [0.717, 1.165) is 27.9 Å². The van der Waals surface area contributed by atoms with Gasteiger partial charge in [0, 0.05) is 31.9 Å². The van der Waals surface area contributed by atoms with Gasteiger partial charge in [0.15, 0.2) is 0 Å². The van der Waals surface area contributed by atoms with E-state index >= 15 is 0 Å². The number of hydrogen-bond acceptors (Lipinski definition) is 4. The maximum Gasteiger partial charge on any atom is 0.244 e. The van der Waals surface area contributed by atoms with Gasteiger partial charge >= 0.3 is 0 Å². The van der Waals surface area contributed by atoms with Crippen LogP contribution in [0, 0.1) is 20.8 Å². The second kappa shape index (κ2) is 12.1. The fourth-order valence-electron chi connectivity index (χ4n) is 3.52. The molecule has 3 N–H and O–H groups in total. The molecule has 3 rings (SSSR count). The van der Waals surface area contributed by atoms with Gasteiger partial charge in [-0.1, -0.05) is 42.0 Å². The van der Waals surface area contributed by atoms with Gasteiger partial charge in [-0.25, -0.2) is 0 Å². The Hall–Kier alpha value is -2.12. The number of carbonyl (C=O) groups is 2. The summed E-state index contributed by atoms with van der Waals surface area (Å²) in [7, 11) is 0. The van der Waals surface area contributed by atoms with Gasteiger partial charge in [-0.3, -0.25) is 14.5 Å². The van der Waals surface area contributed by atoms with Crippen molar-refractivity contribution in [2.24, 2.45) is 5.73 Å². The number of nitrogens with zero attached hydrogens (tertiary/aromatic N) is 2. The number of nitrogens with one attached hydrogen (secondary N) is 1. The average molecular weight is 467 g/mol. The van der Waals surface area contributed by atoms with Gasteiger partial charge in [0.05, 0.1) is 6.54 Å². The van der Waals surface area contributed by atoms with Crippen LogP contribution in [0.5, 0.6) is 0 Å². The van der Waals surface area contributed by atoms with E-state index in [4.69, 9.17) is 5.73 Å². The van der Waals surface area contributed by atoms with Crippen molar-refractivity contribution in [3.63, 3.8) is 0 Å². The van der Waals surface area contributed by atoms with Crippen molar-refractivity contribution in [3.8, 4) is 0 Å². The normalized spacial score (nSPS) is 14.8. The molecule has 0 saturated carbocycles. The summed E-state index contributed by atoms with van der Waals surface area (Å²) in [5.74, 6) is -0.0943. The number of hydrogen-bond donors (Lipinski definition) is 2. The lowest BCUT2D eigenvalue weighted by Gasteiger charge is -2.35. The Labute approximate surface area is 197 Å². The van der Waals surface area contributed by atoms with Crippen LogP contribution in [0.1, 0.15) is 28.3 Å². The molecular weight excluding hydrogens is 435 g/mol. The number of benzene rings is 2. The standard InChI is InChI=1S/C23H30N4O2.2ClH/c1-16-7-9-19(10-8-16)22(24)23(29)27-13-11-26(12-14-27)15-21(28)25-20-6-4-5-17(2)18(20)3;;/h4-10,22H,11-15,24H2,1-3H3,(H,25,28);2*1H. The molecule has 0 bridgehead atoms. The average Bonchev–Trinajstić information content (AvgIpc) is 2.71. The van der Waals surface area contributed by atoms with Gasteiger partial charge in [0.1, 0.15) is 6.04 Å². The zero-order valence-corrected chi connectivity index (χ0v) is 19.9. The van der Waals surface area contributed by atoms with Crippen LogP contribution in [0.4, 0.5) is 5.69 Å². The topological polar surface area (TPSA) is 78.7 Å². The highest BCUT2D eigenvalue weighted by molar-refractivity contribution is 5.93. The highest BCUT2D eigenvalue weighted by Crippen LogP contribution is 2.18. The zero-order chi connectivity index (χ0) is 21.0. The number of nitrogens with two attached hydrogens (primary N) is 1. The first-order valence-corrected chi connectivity index (χ1v) is 10.0. The van der Waals surface area contributed by atoms with E-state index in [1.54, 1.807) is 4.90 Å². The smallest absolute Gasteiger partial charge is 0.244 e. The van der Waals surface area contributed by atoms with E-state index in [9.17, 15) is 9.59 Å². The third kappa shape index (κ3) is 6.94. The van der Waals surface area contributed by atoms with Gasteiger partial charge in [-0.05, 0) is 43.5 Å². The van der Waals surface area contributed by atoms with Crippen LogP contribution in [-0.2, 0) is 9.59 Å². The molecule has 0 radical (unpaired) electrons. The summed E-state index contributed by atoms with van der Waals surface area (Å²) in [5, 5.41) is 3.00. The van der Waals surface area contributed by atoms with E-state index in [-0.39, 0.29) is 36.6 Å². The van der Waals surface area contributed by atoms with Crippen molar-refractivity contribution in [1.82, 2.24) is 9.80 Å². The molecule has 2 amide bonds. The number of amides is 2. The Kier molecular flexibility index (Phi) is 10.5. The fourth-order valence-corrected chi connectivity index (χ4v) is 3.52. The van der Waals surface area contributed by atoms with Crippen LogP contribution in [0.15, 0.2) is 42.5 Å². The molecule has 1 aliphatic rings. The lowest BCUT2D eigenvalue weighted by Crippen LogP contribution is -2.52. The number of carbonyl (C=O) groups excluding carboxylic acids is 2. The van der Waals surface area contributed by atoms with Crippen LogP contribution in [0.25, 0.3) is 0 Å². The number of rotatable bonds is 5. The molecule has 2 aromatic rings. The van der Waals surface area contributed by atoms with Crippen molar-refractivity contribution in [2.45, 2.75) is 26.8 Å². The third-order valence-electron chi connectivity index (χ3n) is 5.63. The summed E-state index contributed by atoms with van der Waals surface area (Å²) in [6.45, 7) is 8.84. The van der Waals surface area contributed by atoms with E-state index in [0.29, 0.717) is 32.7 Å². The molecule has 6 nitrogen and oxygen atoms in total. The minimum atomic E-state index is -0.644. The van der Waals surface area contributed by atoms with E-state index in [2.05, 4.69) is 10.2 Å². The Morgan fingerprint density at radius 1 is 0.968 bits per heavy atom. The highest BCUT2D eigenvalue weighted by atomic mass is 35.5. The summed E-state index contributed by atoms with van der Waals surface area (Å²) >= 11 is 0. The second-order valence-corrected chi connectivity index (χ2v) is 7.79. The third-order valence-corrected chi connectivity index (χ3v) is 5.63. The molecule has 31 heavy (non-hydrogen) atoms. The van der Waals surface area contributed by atoms with Gasteiger partial charge in [-0.2, -0.15) is 0 Å². The first-order valence-electron chi connectivity index (χ1n) is 10.0. The van der Waals surface area contributed by atoms with Crippen LogP contribution < -0.4 is 11.1 Å². The maximum absolute atomic E-state index is 12.7. The Morgan fingerprint density at radius 3 is 2.19 bits per heavy atom. The van der Waals surface area contributed by atoms with Crippen LogP contribution in [0.3, 0.4) is 0 Å². The van der Waals surface area contributed by atoms with Crippen molar-refractivity contribution >= 4 is 42.3 Å². The maximum atomic E-state index is 12.7. The van der Waals surface area contributed by atoms with Crippen molar-refractivity contribution in [1.29, 1.82) is 0 Å². The second-order valence-electron chi connectivity index (χ2n) is 7.79. The first-order chi connectivity index (χ1) is 13.8. The number of halogens is 2.